The molecule has 0 aromatic heterocycles. The molecule has 2 rings (SSSR count). The smallest absolute Gasteiger partial charge is 0.128 e. The Kier molecular flexibility index (Phi) is 3.26. The van der Waals surface area contributed by atoms with Gasteiger partial charge in [-0.25, -0.2) is 8.78 Å². The van der Waals surface area contributed by atoms with E-state index in [2.05, 4.69) is 0 Å². The summed E-state index contributed by atoms with van der Waals surface area (Å²) in [5, 5.41) is 0. The zero-order valence-corrected chi connectivity index (χ0v) is 9.07. The molecule has 2 N–H and O–H groups in total. The number of rotatable bonds is 2. The van der Waals surface area contributed by atoms with Crippen LogP contribution in [0.25, 0.3) is 0 Å². The fourth-order valence-corrected chi connectivity index (χ4v) is 3.17. The third-order valence-corrected chi connectivity index (χ3v) is 3.98. The molecule has 1 aromatic rings. The number of halogens is 2. The second-order valence-electron chi connectivity index (χ2n) is 3.82. The molecule has 1 heterocycles. The minimum absolute atomic E-state index is 0.270. The fraction of sp³-hybridized carbons (Fsp3) is 0.455. The largest absolute Gasteiger partial charge is 0.324 e. The van der Waals surface area contributed by atoms with Gasteiger partial charge in [-0.3, -0.25) is 0 Å². The molecule has 1 aliphatic heterocycles. The molecule has 1 aliphatic rings. The lowest BCUT2D eigenvalue weighted by atomic mass is 9.93. The third-order valence-electron chi connectivity index (χ3n) is 2.79. The van der Waals surface area contributed by atoms with Gasteiger partial charge in [-0.05, 0) is 42.0 Å². The van der Waals surface area contributed by atoms with Crippen LogP contribution in [0.3, 0.4) is 0 Å². The topological polar surface area (TPSA) is 26.0 Å². The SMILES string of the molecule is NC(c1cc(F)ccc1F)C1CCSC1. The molecule has 82 valence electrons. The summed E-state index contributed by atoms with van der Waals surface area (Å²) in [6, 6.07) is 3.10. The van der Waals surface area contributed by atoms with Gasteiger partial charge in [0.15, 0.2) is 0 Å². The van der Waals surface area contributed by atoms with Crippen LogP contribution in [-0.2, 0) is 0 Å². The van der Waals surface area contributed by atoms with Gasteiger partial charge in [0, 0.05) is 11.6 Å². The van der Waals surface area contributed by atoms with E-state index in [1.165, 1.54) is 6.07 Å². The van der Waals surface area contributed by atoms with Gasteiger partial charge in [0.05, 0.1) is 0 Å². The Hall–Kier alpha value is -0.610. The van der Waals surface area contributed by atoms with Crippen molar-refractivity contribution in [3.8, 4) is 0 Å². The molecule has 2 unspecified atom stereocenters. The molecule has 0 bridgehead atoms. The van der Waals surface area contributed by atoms with E-state index in [1.54, 1.807) is 0 Å². The van der Waals surface area contributed by atoms with Crippen molar-refractivity contribution < 1.29 is 8.78 Å². The highest BCUT2D eigenvalue weighted by atomic mass is 32.2. The Morgan fingerprint density at radius 1 is 1.40 bits per heavy atom. The molecule has 2 atom stereocenters. The molecule has 1 nitrogen and oxygen atoms in total. The molecule has 1 saturated heterocycles. The van der Waals surface area contributed by atoms with Gasteiger partial charge in [-0.1, -0.05) is 0 Å². The summed E-state index contributed by atoms with van der Waals surface area (Å²) in [7, 11) is 0. The van der Waals surface area contributed by atoms with Gasteiger partial charge < -0.3 is 5.73 Å². The van der Waals surface area contributed by atoms with Gasteiger partial charge in [-0.2, -0.15) is 11.8 Å². The minimum Gasteiger partial charge on any atom is -0.324 e. The summed E-state index contributed by atoms with van der Waals surface area (Å²) in [5.41, 5.74) is 6.26. The number of nitrogens with two attached hydrogens (primary N) is 1. The first-order chi connectivity index (χ1) is 7.18. The fourth-order valence-electron chi connectivity index (χ4n) is 1.86. The van der Waals surface area contributed by atoms with E-state index in [0.717, 1.165) is 30.1 Å². The van der Waals surface area contributed by atoms with E-state index in [9.17, 15) is 8.78 Å². The molecule has 4 heteroatoms. The normalized spacial score (nSPS) is 23.0. The highest BCUT2D eigenvalue weighted by molar-refractivity contribution is 7.99. The highest BCUT2D eigenvalue weighted by Gasteiger charge is 2.25. The van der Waals surface area contributed by atoms with Gasteiger partial charge in [0.2, 0.25) is 0 Å². The van der Waals surface area contributed by atoms with Gasteiger partial charge in [0.1, 0.15) is 11.6 Å². The van der Waals surface area contributed by atoms with Crippen LogP contribution < -0.4 is 5.73 Å². The van der Waals surface area contributed by atoms with E-state index in [0.29, 0.717) is 5.56 Å². The van der Waals surface area contributed by atoms with Crippen LogP contribution in [0, 0.1) is 17.6 Å². The van der Waals surface area contributed by atoms with E-state index < -0.39 is 11.6 Å². The van der Waals surface area contributed by atoms with Crippen molar-refractivity contribution in [2.75, 3.05) is 11.5 Å². The molecule has 1 fully saturated rings. The van der Waals surface area contributed by atoms with E-state index >= 15 is 0 Å². The maximum Gasteiger partial charge on any atom is 0.128 e. The molecule has 1 aromatic carbocycles. The quantitative estimate of drug-likeness (QED) is 0.843. The van der Waals surface area contributed by atoms with Crippen molar-refractivity contribution in [2.24, 2.45) is 11.7 Å². The van der Waals surface area contributed by atoms with Crippen LogP contribution in [0.4, 0.5) is 8.78 Å². The molecule has 15 heavy (non-hydrogen) atoms. The Morgan fingerprint density at radius 3 is 2.87 bits per heavy atom. The predicted octanol–water partition coefficient (Wildman–Crippen LogP) is 2.72. The van der Waals surface area contributed by atoms with E-state index in [-0.39, 0.29) is 12.0 Å². The summed E-state index contributed by atoms with van der Waals surface area (Å²) in [5.74, 6) is 1.45. The lowest BCUT2D eigenvalue weighted by Crippen LogP contribution is -2.22. The Bertz CT molecular complexity index is 350. The Labute approximate surface area is 92.0 Å². The lowest BCUT2D eigenvalue weighted by Gasteiger charge is -2.19. The van der Waals surface area contributed by atoms with Crippen LogP contribution >= 0.6 is 11.8 Å². The van der Waals surface area contributed by atoms with Crippen molar-refractivity contribution >= 4 is 11.8 Å². The minimum atomic E-state index is -0.424. The van der Waals surface area contributed by atoms with Crippen LogP contribution in [0.1, 0.15) is 18.0 Å². The Balaban J connectivity index is 2.23. The highest BCUT2D eigenvalue weighted by Crippen LogP contribution is 2.33. The van der Waals surface area contributed by atoms with Crippen molar-refractivity contribution in [3.05, 3.63) is 35.4 Å². The summed E-state index contributed by atoms with van der Waals surface area (Å²) in [6.45, 7) is 0. The second-order valence-corrected chi connectivity index (χ2v) is 4.97. The number of benzene rings is 1. The average molecular weight is 229 g/mol. The lowest BCUT2D eigenvalue weighted by molar-refractivity contribution is 0.456. The third kappa shape index (κ3) is 2.32. The molecule has 0 spiro atoms. The first-order valence-electron chi connectivity index (χ1n) is 4.97. The van der Waals surface area contributed by atoms with Crippen molar-refractivity contribution in [2.45, 2.75) is 12.5 Å². The maximum atomic E-state index is 13.4. The molecule has 0 saturated carbocycles. The second kappa shape index (κ2) is 4.49. The zero-order chi connectivity index (χ0) is 10.8. The van der Waals surface area contributed by atoms with Crippen LogP contribution in [0.15, 0.2) is 18.2 Å². The molecular formula is C11H13F2NS. The van der Waals surface area contributed by atoms with Crippen LogP contribution in [0.2, 0.25) is 0 Å². The zero-order valence-electron chi connectivity index (χ0n) is 8.25. The van der Waals surface area contributed by atoms with Crippen molar-refractivity contribution in [1.82, 2.24) is 0 Å². The summed E-state index contributed by atoms with van der Waals surface area (Å²) in [4.78, 5) is 0. The van der Waals surface area contributed by atoms with Crippen molar-refractivity contribution in [3.63, 3.8) is 0 Å². The first-order valence-corrected chi connectivity index (χ1v) is 6.12. The standard InChI is InChI=1S/C11H13F2NS/c12-8-1-2-10(13)9(5-8)11(14)7-3-4-15-6-7/h1-2,5,7,11H,3-4,6,14H2. The first kappa shape index (κ1) is 10.9. The monoisotopic (exact) mass is 229 g/mol. The molecule has 0 amide bonds. The van der Waals surface area contributed by atoms with Crippen LogP contribution in [-0.4, -0.2) is 11.5 Å². The van der Waals surface area contributed by atoms with E-state index in [1.807, 2.05) is 11.8 Å². The van der Waals surface area contributed by atoms with Crippen LogP contribution in [0.5, 0.6) is 0 Å². The summed E-state index contributed by atoms with van der Waals surface area (Å²) >= 11 is 1.82. The Morgan fingerprint density at radius 2 is 2.20 bits per heavy atom. The summed E-state index contributed by atoms with van der Waals surface area (Å²) < 4.78 is 26.4. The number of thioether (sulfide) groups is 1. The maximum absolute atomic E-state index is 13.4. The van der Waals surface area contributed by atoms with Gasteiger partial charge in [-0.15, -0.1) is 0 Å². The van der Waals surface area contributed by atoms with Crippen molar-refractivity contribution in [1.29, 1.82) is 0 Å². The molecule has 0 aliphatic carbocycles. The van der Waals surface area contributed by atoms with E-state index in [4.69, 9.17) is 5.73 Å². The predicted molar refractivity (Wildman–Crippen MR) is 58.7 cm³/mol. The number of hydrogen-bond donors (Lipinski definition) is 1. The van der Waals surface area contributed by atoms with Gasteiger partial charge in [0.25, 0.3) is 0 Å². The number of hydrogen-bond acceptors (Lipinski definition) is 2. The average Bonchev–Trinajstić information content (AvgIpc) is 2.74. The molecular weight excluding hydrogens is 216 g/mol. The summed E-state index contributed by atoms with van der Waals surface area (Å²) in [6.07, 6.45) is 0.988. The van der Waals surface area contributed by atoms with Gasteiger partial charge >= 0.3 is 0 Å². The molecule has 0 radical (unpaired) electrons.